The molecule has 1 atom stereocenters. The molecule has 0 bridgehead atoms. The normalized spacial score (nSPS) is 15.6. The highest BCUT2D eigenvalue weighted by atomic mass is 16.5. The van der Waals surface area contributed by atoms with Crippen LogP contribution in [0.3, 0.4) is 0 Å². The van der Waals surface area contributed by atoms with Crippen LogP contribution in [0.25, 0.3) is 33.9 Å². The van der Waals surface area contributed by atoms with E-state index in [1.54, 1.807) is 43.0 Å². The number of carbonyl (C=O) groups excluding carboxylic acids is 4. The van der Waals surface area contributed by atoms with Gasteiger partial charge in [-0.1, -0.05) is 164 Å². The van der Waals surface area contributed by atoms with Gasteiger partial charge in [0.15, 0.2) is 0 Å². The number of morpholine rings is 1. The fourth-order valence-electron chi connectivity index (χ4n) is 19.1. The fourth-order valence-corrected chi connectivity index (χ4v) is 19.1. The molecule has 35 heteroatoms. The van der Waals surface area contributed by atoms with E-state index in [0.717, 1.165) is 114 Å². The summed E-state index contributed by atoms with van der Waals surface area (Å²) in [5, 5.41) is 28.0. The van der Waals surface area contributed by atoms with Crippen molar-refractivity contribution in [3.8, 4) is 57.7 Å². The van der Waals surface area contributed by atoms with Crippen LogP contribution in [0.4, 0.5) is 45.5 Å². The van der Waals surface area contributed by atoms with Crippen LogP contribution in [-0.4, -0.2) is 303 Å². The summed E-state index contributed by atoms with van der Waals surface area (Å²) < 4.78 is 33.4. The number of benzene rings is 8. The van der Waals surface area contributed by atoms with Gasteiger partial charge in [-0.2, -0.15) is 39.1 Å². The van der Waals surface area contributed by atoms with Crippen molar-refractivity contribution in [1.82, 2.24) is 68.6 Å². The summed E-state index contributed by atoms with van der Waals surface area (Å²) in [6.07, 6.45) is 16.5. The Kier molecular flexibility index (Phi) is 35.3. The lowest BCUT2D eigenvalue weighted by Gasteiger charge is -2.38. The van der Waals surface area contributed by atoms with E-state index in [4.69, 9.17) is 30.1 Å². The quantitative estimate of drug-likeness (QED) is 0.0268. The van der Waals surface area contributed by atoms with Crippen molar-refractivity contribution in [1.29, 1.82) is 0 Å². The number of likely N-dealkylation sites (N-methyl/N-ethyl adjacent to an activating group) is 1. The average Bonchev–Trinajstić information content (AvgIpc) is 1.59. The molecule has 3 N–H and O–H groups in total. The topological polar surface area (TPSA) is 335 Å². The molecule has 11 heterocycles. The molecule has 0 saturated carbocycles. The summed E-state index contributed by atoms with van der Waals surface area (Å²) in [7, 11) is 3.53. The van der Waals surface area contributed by atoms with Gasteiger partial charge < -0.3 is 83.7 Å². The van der Waals surface area contributed by atoms with Crippen LogP contribution in [-0.2, 0) is 39.8 Å². The molecule has 20 rings (SSSR count). The molecular formula is C112H124N22O13. The fraction of sp³-hybridized carbons (Fsp3) is 0.330. The predicted octanol–water partition coefficient (Wildman–Crippen LogP) is 9.99. The molecule has 7 aliphatic rings. The second kappa shape index (κ2) is 50.8. The van der Waals surface area contributed by atoms with E-state index in [1.165, 1.54) is 18.7 Å². The van der Waals surface area contributed by atoms with Gasteiger partial charge in [0.1, 0.15) is 53.6 Å². The second-order valence-corrected chi connectivity index (χ2v) is 36.1. The maximum Gasteiger partial charge on any atom is 0.298 e. The van der Waals surface area contributed by atoms with Crippen molar-refractivity contribution >= 4 is 69.1 Å². The lowest BCUT2D eigenvalue weighted by atomic mass is 9.95. The lowest BCUT2D eigenvalue weighted by Crippen LogP contribution is -2.52. The van der Waals surface area contributed by atoms with Gasteiger partial charge in [-0.15, -0.1) is 6.42 Å². The third-order valence-corrected chi connectivity index (χ3v) is 27.0. The first-order valence-electron chi connectivity index (χ1n) is 50.2. The van der Waals surface area contributed by atoms with Gasteiger partial charge in [-0.3, -0.25) is 48.2 Å². The van der Waals surface area contributed by atoms with Crippen molar-refractivity contribution < 1.29 is 42.9 Å². The number of para-hydroxylation sites is 6. The van der Waals surface area contributed by atoms with E-state index in [0.29, 0.717) is 210 Å². The van der Waals surface area contributed by atoms with Crippen molar-refractivity contribution in [2.45, 2.75) is 37.7 Å². The zero-order valence-corrected chi connectivity index (χ0v) is 82.9. The van der Waals surface area contributed by atoms with Gasteiger partial charge in [0, 0.05) is 190 Å². The maximum atomic E-state index is 14.0. The van der Waals surface area contributed by atoms with Crippen LogP contribution in [0.1, 0.15) is 42.0 Å². The smallest absolute Gasteiger partial charge is 0.298 e. The van der Waals surface area contributed by atoms with Gasteiger partial charge in [0.05, 0.1) is 102 Å². The molecule has 8 aromatic carbocycles. The minimum absolute atomic E-state index is 0.0705. The van der Waals surface area contributed by atoms with Crippen molar-refractivity contribution in [2.75, 3.05) is 245 Å². The molecule has 0 radical (unpaired) electrons. The standard InChI is InChI=1S/C36H33N5O3.C27H31N5O4.C26H32N6O3.C23H28N6O3/c42-35(33-30-17-9-7-15-28(30)29-16-8-10-18-31(29)33)40-22-20-39(21-23-40)32-25-38-41(26-11-3-1-4-12-26)36(43)34(32)37-19-24-44-27-13-5-2-6-14-27;33-26(24-12-7-18-36-24)31-16-14-30(15-17-31)23-20-29-32(21-8-3-1-4-9-21)27(34)25(23)28-13-19-35-22-10-5-2-6-11-22;1-29(14-11-21-8-6-7-13-27-21)25-23(20-28-32(26(25)34)22-9-4-3-5-10-22)30-15-17-31(18-16-30)24(33)12-19-35-2;1-2-21(30)28-12-10-27(11-13-28)20-18-25-29(19-6-4-3-5-7-19)23(31)22(20)24-8-9-26-14-16-32-17-15-26/h1-18,25,33,37H,19-24H2;1-6,8-11,20,24,28H,7,12-19H2;3-10,13,20H,11-12,14-19H2,1-2H3;1,3-7,18,24H,8-17H2. The number of anilines is 8. The van der Waals surface area contributed by atoms with Crippen molar-refractivity contribution in [3.63, 3.8) is 0 Å². The van der Waals surface area contributed by atoms with Crippen molar-refractivity contribution in [3.05, 3.63) is 338 Å². The third kappa shape index (κ3) is 25.6. The molecule has 1 aliphatic carbocycles. The highest BCUT2D eigenvalue weighted by molar-refractivity contribution is 5.97. The Morgan fingerprint density at radius 1 is 0.422 bits per heavy atom. The highest BCUT2D eigenvalue weighted by Crippen LogP contribution is 2.46. The lowest BCUT2D eigenvalue weighted by molar-refractivity contribution is -0.141. The highest BCUT2D eigenvalue weighted by Gasteiger charge is 2.39. The number of aromatic nitrogens is 9. The number of hydrogen-bond acceptors (Lipinski definition) is 27. The van der Waals surface area contributed by atoms with Crippen LogP contribution >= 0.6 is 0 Å². The monoisotopic (exact) mass is 1980 g/mol. The van der Waals surface area contributed by atoms with E-state index < -0.39 is 0 Å². The van der Waals surface area contributed by atoms with E-state index in [-0.39, 0.29) is 57.9 Å². The van der Waals surface area contributed by atoms with Crippen LogP contribution < -0.4 is 72.2 Å². The molecule has 5 aromatic heterocycles. The number of piperazine rings is 4. The maximum absolute atomic E-state index is 14.0. The molecule has 6 aliphatic heterocycles. The number of carbonyl (C=O) groups is 4. The summed E-state index contributed by atoms with van der Waals surface area (Å²) >= 11 is 0. The third-order valence-electron chi connectivity index (χ3n) is 27.0. The van der Waals surface area contributed by atoms with Gasteiger partial charge in [-0.25, -0.2) is 0 Å². The second-order valence-electron chi connectivity index (χ2n) is 36.1. The first-order chi connectivity index (χ1) is 72.1. The molecule has 4 amide bonds. The molecule has 6 saturated heterocycles. The SMILES string of the molecule is C#CC(=O)N1CCN(c2cnn(-c3ccccc3)c(=O)c2NCCN2CCOCC2)CC1.COCCC(=O)N1CCN(c2cnn(-c3ccccc3)c(=O)c2N(C)CCc2ccccn2)CC1.O=C(C1CCCO1)N1CCN(c2cnn(-c3ccccc3)c(=O)c2NCCOc2ccccc2)CC1.O=C(C1c2ccccc2-c2ccccc21)N1CCN(c2cnn(-c3ccccc3)c(=O)c2NCCOc2ccccc2)CC1. The van der Waals surface area contributed by atoms with Gasteiger partial charge >= 0.3 is 0 Å². The number of hydrogen-bond donors (Lipinski definition) is 3. The largest absolute Gasteiger partial charge is 0.492 e. The van der Waals surface area contributed by atoms with Crippen LogP contribution in [0.5, 0.6) is 11.5 Å². The van der Waals surface area contributed by atoms with Crippen LogP contribution in [0.2, 0.25) is 0 Å². The number of terminal acetylenes is 1. The summed E-state index contributed by atoms with van der Waals surface area (Å²) in [6.45, 7) is 17.5. The Hall–Kier alpha value is -16.3. The molecule has 1 unspecified atom stereocenters. The van der Waals surface area contributed by atoms with Gasteiger partial charge in [-0.05, 0) is 126 Å². The first-order valence-corrected chi connectivity index (χ1v) is 50.2. The number of nitrogens with zero attached hydrogens (tertiary/aromatic N) is 19. The summed E-state index contributed by atoms with van der Waals surface area (Å²) in [4.78, 5) is 130. The first kappa shape index (κ1) is 102. The average molecular weight is 1990 g/mol. The Labute approximate surface area is 854 Å². The molecule has 35 nitrogen and oxygen atoms in total. The summed E-state index contributed by atoms with van der Waals surface area (Å²) in [5.41, 5.74) is 12.4. The number of methoxy groups -OCH3 is 1. The molecule has 0 spiro atoms. The number of ether oxygens (including phenoxy) is 5. The van der Waals surface area contributed by atoms with Crippen LogP contribution in [0.15, 0.2) is 299 Å². The number of pyridine rings is 1. The minimum Gasteiger partial charge on any atom is -0.492 e. The van der Waals surface area contributed by atoms with E-state index in [9.17, 15) is 38.4 Å². The Morgan fingerprint density at radius 3 is 1.23 bits per heavy atom. The zero-order chi connectivity index (χ0) is 102. The predicted molar refractivity (Wildman–Crippen MR) is 570 cm³/mol. The summed E-state index contributed by atoms with van der Waals surface area (Å²) in [5.74, 6) is 3.42. The minimum atomic E-state index is -0.310. The van der Waals surface area contributed by atoms with Crippen LogP contribution in [0, 0.1) is 12.3 Å². The molecular weight excluding hydrogens is 1860 g/mol. The number of nitrogens with one attached hydrogen (secondary N) is 3. The molecule has 147 heavy (non-hydrogen) atoms. The van der Waals surface area contributed by atoms with Crippen molar-refractivity contribution in [2.24, 2.45) is 0 Å². The summed E-state index contributed by atoms with van der Waals surface area (Å²) in [6, 6.07) is 79.0. The van der Waals surface area contributed by atoms with E-state index in [2.05, 4.69) is 96.0 Å². The van der Waals surface area contributed by atoms with Gasteiger partial charge in [0.2, 0.25) is 11.8 Å². The Bertz CT molecular complexity index is 6780. The Morgan fingerprint density at radius 2 is 0.810 bits per heavy atom. The van der Waals surface area contributed by atoms with E-state index in [1.807, 2.05) is 251 Å². The molecule has 13 aromatic rings. The molecule has 6 fully saturated rings. The zero-order valence-electron chi connectivity index (χ0n) is 82.9. The molecule has 760 valence electrons. The number of amides is 4. The van der Waals surface area contributed by atoms with Gasteiger partial charge in [0.25, 0.3) is 34.1 Å². The number of fused-ring (bicyclic) bond motifs is 3. The van der Waals surface area contributed by atoms with E-state index >= 15 is 0 Å². The number of rotatable bonds is 31. The Balaban J connectivity index is 0.000000135.